The minimum absolute atomic E-state index is 0.0723. The first-order valence-corrected chi connectivity index (χ1v) is 20.4. The predicted molar refractivity (Wildman–Crippen MR) is 171 cm³/mol. The second kappa shape index (κ2) is 14.2. The summed E-state index contributed by atoms with van der Waals surface area (Å²) < 4.78 is 64.5. The fourth-order valence-electron chi connectivity index (χ4n) is 3.82. The molecule has 14 heteroatoms. The summed E-state index contributed by atoms with van der Waals surface area (Å²) in [5.41, 5.74) is -1.77. The molecule has 0 aliphatic carbocycles. The van der Waals surface area contributed by atoms with Gasteiger partial charge in [0.2, 0.25) is 5.43 Å². The summed E-state index contributed by atoms with van der Waals surface area (Å²) in [6.07, 6.45) is 2.24. The van der Waals surface area contributed by atoms with E-state index >= 15 is 0 Å². The predicted octanol–water partition coefficient (Wildman–Crippen LogP) is 5.38. The van der Waals surface area contributed by atoms with Crippen LogP contribution in [0.25, 0.3) is 0 Å². The smallest absolute Gasteiger partial charge is 0.324 e. The quantitative estimate of drug-likeness (QED) is 0.154. The highest BCUT2D eigenvalue weighted by atomic mass is 32.3. The molecule has 1 aromatic carbocycles. The minimum Gasteiger partial charge on any atom is -0.539 e. The number of hydrogen-bond acceptors (Lipinski definition) is 10. The Morgan fingerprint density at radius 1 is 0.977 bits per heavy atom. The van der Waals surface area contributed by atoms with Crippen molar-refractivity contribution in [1.82, 2.24) is 0 Å². The van der Waals surface area contributed by atoms with E-state index in [4.69, 9.17) is 18.3 Å². The number of ether oxygens (including phenoxy) is 2. The van der Waals surface area contributed by atoms with E-state index in [0.717, 1.165) is 23.5 Å². The summed E-state index contributed by atoms with van der Waals surface area (Å²) >= 11 is 0. The second-order valence-electron chi connectivity index (χ2n) is 11.9. The Bertz CT molecular complexity index is 1640. The molecule has 0 saturated heterocycles. The molecule has 1 heterocycles. The lowest BCUT2D eigenvalue weighted by Gasteiger charge is -2.36. The van der Waals surface area contributed by atoms with Gasteiger partial charge >= 0.3 is 11.9 Å². The molecule has 0 amide bonds. The Hall–Kier alpha value is -3.23. The van der Waals surface area contributed by atoms with Crippen molar-refractivity contribution >= 4 is 40.0 Å². The number of nitrogens with zero attached hydrogens (tertiary/aromatic N) is 1. The average molecular weight is 670 g/mol. The maximum Gasteiger partial charge on any atom is 0.324 e. The SMILES string of the molecule is CCOC(=O)C(C/C=C/S(=O)(=NS(C)(=O)=O)c1ccc(C)cc1)(Cc1occc(=O)c1O[Si](C)(C)C(C)(C)C)C(=O)OCC. The van der Waals surface area contributed by atoms with Crippen LogP contribution in [0, 0.1) is 12.3 Å². The van der Waals surface area contributed by atoms with Crippen LogP contribution in [0.1, 0.15) is 52.4 Å². The van der Waals surface area contributed by atoms with Gasteiger partial charge in [0.25, 0.3) is 18.3 Å². The van der Waals surface area contributed by atoms with E-state index < -0.39 is 63.7 Å². The maximum atomic E-state index is 14.0. The number of hydrogen-bond donors (Lipinski definition) is 0. The lowest BCUT2D eigenvalue weighted by Crippen LogP contribution is -2.46. The van der Waals surface area contributed by atoms with E-state index in [1.807, 2.05) is 40.8 Å². The van der Waals surface area contributed by atoms with Gasteiger partial charge in [-0.1, -0.05) is 44.5 Å². The summed E-state index contributed by atoms with van der Waals surface area (Å²) in [5, 5.41) is 0.758. The Labute approximate surface area is 261 Å². The molecule has 0 N–H and O–H groups in total. The van der Waals surface area contributed by atoms with Crippen LogP contribution >= 0.6 is 0 Å². The van der Waals surface area contributed by atoms with Crippen molar-refractivity contribution in [1.29, 1.82) is 0 Å². The highest BCUT2D eigenvalue weighted by Crippen LogP contribution is 2.39. The van der Waals surface area contributed by atoms with Gasteiger partial charge in [-0.25, -0.2) is 12.6 Å². The van der Waals surface area contributed by atoms with Gasteiger partial charge < -0.3 is 18.3 Å². The lowest BCUT2D eigenvalue weighted by atomic mass is 9.79. The molecule has 0 aliphatic rings. The van der Waals surface area contributed by atoms with Gasteiger partial charge in [-0.3, -0.25) is 14.4 Å². The number of allylic oxidation sites excluding steroid dienone is 1. The molecule has 0 spiro atoms. The van der Waals surface area contributed by atoms with E-state index in [1.54, 1.807) is 26.0 Å². The maximum absolute atomic E-state index is 14.0. The third-order valence-corrected chi connectivity index (χ3v) is 15.0. The van der Waals surface area contributed by atoms with Gasteiger partial charge in [-0.2, -0.15) is 0 Å². The highest BCUT2D eigenvalue weighted by Gasteiger charge is 2.50. The Morgan fingerprint density at radius 2 is 1.52 bits per heavy atom. The van der Waals surface area contributed by atoms with Crippen LogP contribution in [0.2, 0.25) is 18.1 Å². The third kappa shape index (κ3) is 9.14. The molecule has 1 atom stereocenters. The van der Waals surface area contributed by atoms with Gasteiger partial charge in [-0.15, -0.1) is 3.77 Å². The largest absolute Gasteiger partial charge is 0.539 e. The van der Waals surface area contributed by atoms with E-state index in [9.17, 15) is 27.0 Å². The summed E-state index contributed by atoms with van der Waals surface area (Å²) in [5.74, 6) is -2.15. The van der Waals surface area contributed by atoms with Gasteiger partial charge in [0.1, 0.15) is 15.5 Å². The number of aryl methyl sites for hydroxylation is 1. The number of carbonyl (C=O) groups is 2. The third-order valence-electron chi connectivity index (χ3n) is 7.22. The van der Waals surface area contributed by atoms with Gasteiger partial charge in [0.15, 0.2) is 11.2 Å². The average Bonchev–Trinajstić information content (AvgIpc) is 2.88. The normalized spacial score (nSPS) is 14.1. The molecule has 0 radical (unpaired) electrons. The standard InChI is InChI=1S/C30H43NO10S2Si/c1-10-38-27(33)30(28(34)39-11-2,21-25-26(24(32)17-19-40-25)41-44(8,9)29(4,5)6)18-12-20-43(37,31-42(7,35)36)23-15-13-22(3)14-16-23/h12-17,19-20H,10-11,18,21H2,1-9H3/b20-12+. The lowest BCUT2D eigenvalue weighted by molar-refractivity contribution is -0.172. The molecule has 1 unspecified atom stereocenters. The molecule has 0 fully saturated rings. The molecular weight excluding hydrogens is 627 g/mol. The van der Waals surface area contributed by atoms with Crippen molar-refractivity contribution in [2.45, 2.75) is 77.4 Å². The Morgan fingerprint density at radius 3 is 2.00 bits per heavy atom. The Kier molecular flexibility index (Phi) is 12.0. The molecule has 44 heavy (non-hydrogen) atoms. The van der Waals surface area contributed by atoms with Crippen molar-refractivity contribution < 1.29 is 40.5 Å². The van der Waals surface area contributed by atoms with Crippen LogP contribution in [-0.4, -0.2) is 52.4 Å². The summed E-state index contributed by atoms with van der Waals surface area (Å²) in [4.78, 5) is 40.4. The Balaban J connectivity index is 2.79. The van der Waals surface area contributed by atoms with E-state index in [-0.39, 0.29) is 34.7 Å². The molecule has 11 nitrogen and oxygen atoms in total. The summed E-state index contributed by atoms with van der Waals surface area (Å²) in [7, 11) is -10.4. The molecule has 1 aromatic heterocycles. The van der Waals surface area contributed by atoms with Gasteiger partial charge in [-0.05, 0) is 57.5 Å². The van der Waals surface area contributed by atoms with Crippen molar-refractivity contribution in [3.8, 4) is 5.75 Å². The van der Waals surface area contributed by atoms with E-state index in [0.29, 0.717) is 0 Å². The van der Waals surface area contributed by atoms with Crippen LogP contribution in [-0.2, 0) is 45.2 Å². The highest BCUT2D eigenvalue weighted by molar-refractivity contribution is 8.04. The number of sulfonamides is 1. The molecule has 0 bridgehead atoms. The van der Waals surface area contributed by atoms with E-state index in [2.05, 4.69) is 3.77 Å². The molecule has 2 rings (SSSR count). The zero-order valence-electron chi connectivity index (χ0n) is 26.8. The first-order chi connectivity index (χ1) is 20.2. The number of esters is 2. The van der Waals surface area contributed by atoms with Crippen molar-refractivity contribution in [3.05, 3.63) is 69.6 Å². The zero-order chi connectivity index (χ0) is 33.6. The van der Waals surface area contributed by atoms with Crippen molar-refractivity contribution in [2.24, 2.45) is 9.18 Å². The number of rotatable bonds is 13. The molecular formula is C30H43NO10S2Si. The molecule has 0 saturated carbocycles. The summed E-state index contributed by atoms with van der Waals surface area (Å²) in [6.45, 7) is 14.6. The fraction of sp³-hybridized carbons (Fsp3) is 0.500. The number of carbonyl (C=O) groups excluding carboxylic acids is 2. The van der Waals surface area contributed by atoms with Crippen LogP contribution < -0.4 is 9.85 Å². The van der Waals surface area contributed by atoms with Gasteiger partial charge in [0.05, 0.1) is 30.6 Å². The fourth-order valence-corrected chi connectivity index (χ4v) is 8.04. The van der Waals surface area contributed by atoms with Crippen molar-refractivity contribution in [3.63, 3.8) is 0 Å². The van der Waals surface area contributed by atoms with E-state index in [1.165, 1.54) is 24.3 Å². The van der Waals surface area contributed by atoms with Crippen LogP contribution in [0.15, 0.2) is 66.0 Å². The monoisotopic (exact) mass is 669 g/mol. The topological polar surface area (TPSA) is 156 Å². The second-order valence-corrected chi connectivity index (χ2v) is 20.5. The first-order valence-electron chi connectivity index (χ1n) is 14.1. The van der Waals surface area contributed by atoms with Crippen LogP contribution in [0.3, 0.4) is 0 Å². The molecule has 2 aromatic rings. The number of benzene rings is 1. The summed E-state index contributed by atoms with van der Waals surface area (Å²) in [6, 6.07) is 7.48. The minimum atomic E-state index is -4.09. The van der Waals surface area contributed by atoms with Crippen LogP contribution in [0.4, 0.5) is 0 Å². The zero-order valence-corrected chi connectivity index (χ0v) is 29.4. The van der Waals surface area contributed by atoms with Gasteiger partial charge in [0, 0.05) is 17.9 Å². The van der Waals surface area contributed by atoms with Crippen molar-refractivity contribution in [2.75, 3.05) is 19.5 Å². The first kappa shape index (κ1) is 37.0. The molecule has 0 aliphatic heterocycles. The molecule has 244 valence electrons. The van der Waals surface area contributed by atoms with Crippen LogP contribution in [0.5, 0.6) is 5.75 Å².